The molecule has 22 atom stereocenters. The lowest BCUT2D eigenvalue weighted by molar-refractivity contribution is -0.319. The number of hydrogen-bond donors (Lipinski definition) is 8. The number of primary amides is 1. The number of hydrogen-bond acceptors (Lipinski definition) is 24. The fraction of sp³-hybridized carbons (Fsp3) is 0.870. The minimum Gasteiger partial charge on any atom is -0.463 e. The maximum Gasteiger partial charge on any atom is 0.311 e. The van der Waals surface area contributed by atoms with Crippen molar-refractivity contribution in [2.24, 2.45) is 23.5 Å². The summed E-state index contributed by atoms with van der Waals surface area (Å²) in [7, 11) is 6.90. The Morgan fingerprint density at radius 3 is 2.20 bits per heavy atom. The standard InChI is InChI=1S/C54H93N7O20/c1-15-35-54(10,72)44(67)31(6)60(13)24-27(2)22-52(8,71)46(29(4)42(30(5)50(70)78-35)80-39-23-53(9,73-14)45(68)32(7)76-39)81-51-43(33(59(11)12)21-28(3)75-51)79-38(64)19-20-56-36(62)17-16-18-37(63)74-25-34-40(65)41(66)49(77-34)61-26-57-48(58-61)47(55)69/h26-35,39-46,49,51,65-68,71-72H,15-25H2,1-14H3,(H2,55,69)(H,56,62)/t27-,28-,29+,30-,31-,32+,33?,34-,35-,39+,40-,41-,42+,43-,44-,45+,46-,49-,51+,52-,53-,54-/m1/s1. The Hall–Kier alpha value is -4.07. The molecule has 1 unspecified atom stereocenters. The van der Waals surface area contributed by atoms with Gasteiger partial charge < -0.3 is 94.1 Å². The van der Waals surface area contributed by atoms with Crippen molar-refractivity contribution in [2.45, 2.75) is 235 Å². The van der Waals surface area contributed by atoms with E-state index in [0.717, 1.165) is 11.0 Å². The summed E-state index contributed by atoms with van der Waals surface area (Å²) in [5, 5.41) is 75.1. The predicted molar refractivity (Wildman–Crippen MR) is 285 cm³/mol. The fourth-order valence-electron chi connectivity index (χ4n) is 11.7. The van der Waals surface area contributed by atoms with Crippen molar-refractivity contribution < 1.29 is 97.2 Å². The molecule has 27 nitrogen and oxygen atoms in total. The highest BCUT2D eigenvalue weighted by atomic mass is 16.7. The molecule has 4 aliphatic rings. The van der Waals surface area contributed by atoms with Gasteiger partial charge in [-0.05, 0) is 101 Å². The molecular formula is C54H93N7O20. The summed E-state index contributed by atoms with van der Waals surface area (Å²) in [6.45, 7) is 16.9. The topological polar surface area (TPSA) is 365 Å². The number of nitrogens with one attached hydrogen (secondary N) is 1. The number of aromatic nitrogens is 3. The molecule has 4 saturated heterocycles. The second kappa shape index (κ2) is 28.7. The highest BCUT2D eigenvalue weighted by molar-refractivity contribution is 5.88. The zero-order chi connectivity index (χ0) is 60.6. The number of ether oxygens (including phenoxy) is 9. The number of carbonyl (C=O) groups excluding carboxylic acids is 5. The molecule has 464 valence electrons. The molecule has 5 heterocycles. The van der Waals surface area contributed by atoms with E-state index >= 15 is 0 Å². The van der Waals surface area contributed by atoms with Crippen LogP contribution in [0.4, 0.5) is 0 Å². The molecule has 1 aromatic heterocycles. The van der Waals surface area contributed by atoms with Crippen LogP contribution in [0.2, 0.25) is 0 Å². The molecule has 9 N–H and O–H groups in total. The summed E-state index contributed by atoms with van der Waals surface area (Å²) in [4.78, 5) is 72.7. The Morgan fingerprint density at radius 1 is 0.901 bits per heavy atom. The van der Waals surface area contributed by atoms with Gasteiger partial charge in [-0.1, -0.05) is 20.8 Å². The summed E-state index contributed by atoms with van der Waals surface area (Å²) < 4.78 is 56.5. The second-order valence-corrected chi connectivity index (χ2v) is 23.7. The highest BCUT2D eigenvalue weighted by Crippen LogP contribution is 2.41. The van der Waals surface area contributed by atoms with Crippen LogP contribution in [0, 0.1) is 17.8 Å². The molecule has 0 spiro atoms. The van der Waals surface area contributed by atoms with Gasteiger partial charge in [-0.2, -0.15) is 0 Å². The van der Waals surface area contributed by atoms with Crippen LogP contribution in [0.15, 0.2) is 6.33 Å². The largest absolute Gasteiger partial charge is 0.463 e. The van der Waals surface area contributed by atoms with E-state index in [-0.39, 0.29) is 63.2 Å². The van der Waals surface area contributed by atoms with Crippen molar-refractivity contribution in [3.05, 3.63) is 12.2 Å². The van der Waals surface area contributed by atoms with Gasteiger partial charge in [0, 0.05) is 51.4 Å². The minimum absolute atomic E-state index is 0.0386. The van der Waals surface area contributed by atoms with Crippen LogP contribution in [0.1, 0.15) is 137 Å². The van der Waals surface area contributed by atoms with E-state index < -0.39 is 163 Å². The Bertz CT molecular complexity index is 2240. The van der Waals surface area contributed by atoms with Gasteiger partial charge in [-0.3, -0.25) is 24.0 Å². The lowest BCUT2D eigenvalue weighted by Crippen LogP contribution is -2.61. The van der Waals surface area contributed by atoms with Gasteiger partial charge in [-0.15, -0.1) is 5.10 Å². The molecule has 81 heavy (non-hydrogen) atoms. The van der Waals surface area contributed by atoms with E-state index in [2.05, 4.69) is 15.4 Å². The Labute approximate surface area is 474 Å². The van der Waals surface area contributed by atoms with E-state index in [9.17, 15) is 54.6 Å². The minimum atomic E-state index is -1.89. The van der Waals surface area contributed by atoms with Gasteiger partial charge in [-0.25, -0.2) is 9.67 Å². The van der Waals surface area contributed by atoms with Gasteiger partial charge in [0.05, 0.1) is 54.0 Å². The molecule has 27 heteroatoms. The quantitative estimate of drug-likeness (QED) is 0.0650. The third kappa shape index (κ3) is 16.9. The average molecular weight is 1160 g/mol. The lowest BCUT2D eigenvalue weighted by atomic mass is 9.77. The van der Waals surface area contributed by atoms with Crippen molar-refractivity contribution in [1.82, 2.24) is 29.9 Å². The summed E-state index contributed by atoms with van der Waals surface area (Å²) in [6, 6.07) is -1.11. The second-order valence-electron chi connectivity index (χ2n) is 23.7. The lowest BCUT2D eigenvalue weighted by Gasteiger charge is -2.49. The predicted octanol–water partition coefficient (Wildman–Crippen LogP) is -0.319. The maximum atomic E-state index is 14.6. The van der Waals surface area contributed by atoms with Crippen LogP contribution in [0.5, 0.6) is 0 Å². The summed E-state index contributed by atoms with van der Waals surface area (Å²) in [6.07, 6.45) is -14.7. The number of amides is 2. The van der Waals surface area contributed by atoms with E-state index in [1.165, 1.54) is 14.0 Å². The monoisotopic (exact) mass is 1160 g/mol. The van der Waals surface area contributed by atoms with E-state index in [0.29, 0.717) is 13.0 Å². The number of esters is 3. The Balaban J connectivity index is 1.31. The number of aliphatic hydroxyl groups is 6. The van der Waals surface area contributed by atoms with Crippen molar-refractivity contribution in [3.8, 4) is 0 Å². The number of carbonyl (C=O) groups is 5. The first-order valence-corrected chi connectivity index (χ1v) is 28.2. The Kier molecular flexibility index (Phi) is 24.0. The SMILES string of the molecule is CC[C@H]1OC(=O)[C@H](C)[C@@H](O[C@H]2C[C@@](C)(OC)[C@@H](O)[C@H](C)O2)[C@H](C)[C@@H](O[C@@H]2O[C@H](C)CC(N(C)C)[C@H]2OC(=O)CCNC(=O)CCCC(=O)OC[C@H]2O[C@@H](n3cnc(C(N)=O)n3)[C@H](O)[C@@H]2O)[C@](C)(O)C[C@@H](C)CN(C)[C@H](C)[C@@H](O)[C@]1(C)O. The third-order valence-corrected chi connectivity index (χ3v) is 16.6. The van der Waals surface area contributed by atoms with Crippen LogP contribution in [0.25, 0.3) is 0 Å². The third-order valence-electron chi connectivity index (χ3n) is 16.6. The van der Waals surface area contributed by atoms with Crippen LogP contribution < -0.4 is 11.1 Å². The van der Waals surface area contributed by atoms with Crippen molar-refractivity contribution >= 4 is 29.7 Å². The summed E-state index contributed by atoms with van der Waals surface area (Å²) in [5.41, 5.74) is 0.426. The van der Waals surface area contributed by atoms with Gasteiger partial charge in [0.1, 0.15) is 55.2 Å². The molecule has 5 rings (SSSR count). The van der Waals surface area contributed by atoms with Gasteiger partial charge in [0.15, 0.2) is 24.9 Å². The molecule has 1 aromatic rings. The highest BCUT2D eigenvalue weighted by Gasteiger charge is 2.54. The van der Waals surface area contributed by atoms with Crippen LogP contribution in [-0.4, -0.2) is 241 Å². The number of rotatable bonds is 19. The van der Waals surface area contributed by atoms with Crippen LogP contribution >= 0.6 is 0 Å². The molecule has 0 aliphatic carbocycles. The van der Waals surface area contributed by atoms with Gasteiger partial charge >= 0.3 is 17.9 Å². The van der Waals surface area contributed by atoms with Crippen molar-refractivity contribution in [3.63, 3.8) is 0 Å². The number of cyclic esters (lactones) is 1. The smallest absolute Gasteiger partial charge is 0.311 e. The molecular weight excluding hydrogens is 1070 g/mol. The number of likely N-dealkylation sites (N-methyl/N-ethyl adjacent to an activating group) is 2. The number of nitrogens with zero attached hydrogens (tertiary/aromatic N) is 5. The number of methoxy groups -OCH3 is 1. The van der Waals surface area contributed by atoms with Crippen molar-refractivity contribution in [2.75, 3.05) is 47.9 Å². The molecule has 2 amide bonds. The first-order chi connectivity index (χ1) is 37.8. The van der Waals surface area contributed by atoms with E-state index in [4.69, 9.17) is 48.4 Å². The van der Waals surface area contributed by atoms with E-state index in [1.54, 1.807) is 55.5 Å². The molecule has 4 fully saturated rings. The summed E-state index contributed by atoms with van der Waals surface area (Å²) >= 11 is 0. The molecule has 0 aromatic carbocycles. The molecule has 0 saturated carbocycles. The van der Waals surface area contributed by atoms with Crippen LogP contribution in [-0.2, 0) is 61.8 Å². The van der Waals surface area contributed by atoms with E-state index in [1.807, 2.05) is 37.7 Å². The van der Waals surface area contributed by atoms with Gasteiger partial charge in [0.2, 0.25) is 11.7 Å². The zero-order valence-electron chi connectivity index (χ0n) is 49.5. The molecule has 4 aliphatic heterocycles. The molecule has 0 radical (unpaired) electrons. The zero-order valence-corrected chi connectivity index (χ0v) is 49.5. The number of nitrogens with two attached hydrogens (primary N) is 1. The van der Waals surface area contributed by atoms with Gasteiger partial charge in [0.25, 0.3) is 5.91 Å². The fourth-order valence-corrected chi connectivity index (χ4v) is 11.7. The van der Waals surface area contributed by atoms with Crippen LogP contribution in [0.3, 0.4) is 0 Å². The first kappa shape index (κ1) is 67.7. The van der Waals surface area contributed by atoms with Crippen molar-refractivity contribution in [1.29, 1.82) is 0 Å². The average Bonchev–Trinajstić information content (AvgIpc) is 4.06. The normalized spacial score (nSPS) is 40.5. The molecule has 0 bridgehead atoms. The Morgan fingerprint density at radius 2 is 1.58 bits per heavy atom. The summed E-state index contributed by atoms with van der Waals surface area (Å²) in [5.74, 6) is -6.22. The first-order valence-electron chi connectivity index (χ1n) is 28.2. The maximum absolute atomic E-state index is 14.6. The number of aliphatic hydroxyl groups excluding tert-OH is 4.